The Balaban J connectivity index is 2.26. The summed E-state index contributed by atoms with van der Waals surface area (Å²) in [5.74, 6) is -0.391. The predicted octanol–water partition coefficient (Wildman–Crippen LogP) is 2.90. The molecule has 0 aliphatic rings. The van der Waals surface area contributed by atoms with Crippen molar-refractivity contribution in [2.75, 3.05) is 0 Å². The lowest BCUT2D eigenvalue weighted by molar-refractivity contribution is 0.585. The minimum absolute atomic E-state index is 0.119. The van der Waals surface area contributed by atoms with E-state index in [-0.39, 0.29) is 12.2 Å². The number of hydrogen-bond donors (Lipinski definition) is 0. The lowest BCUT2D eigenvalue weighted by atomic mass is 10.2. The first kappa shape index (κ1) is 12.9. The zero-order chi connectivity index (χ0) is 13.1. The number of nitrogens with zero attached hydrogens (tertiary/aromatic N) is 2. The van der Waals surface area contributed by atoms with Gasteiger partial charge < -0.3 is 0 Å². The third-order valence-electron chi connectivity index (χ3n) is 2.74. The van der Waals surface area contributed by atoms with Crippen molar-refractivity contribution in [1.29, 1.82) is 0 Å². The van der Waals surface area contributed by atoms with Gasteiger partial charge in [-0.25, -0.2) is 9.18 Å². The van der Waals surface area contributed by atoms with E-state index in [0.29, 0.717) is 17.1 Å². The predicted molar refractivity (Wildman–Crippen MR) is 69.5 cm³/mol. The molecule has 3 nitrogen and oxygen atoms in total. The molecule has 0 saturated heterocycles. The Kier molecular flexibility index (Phi) is 3.87. The lowest BCUT2D eigenvalue weighted by Gasteiger charge is -2.04. The molecule has 0 amide bonds. The molecule has 1 heterocycles. The highest BCUT2D eigenvalue weighted by molar-refractivity contribution is 6.30. The molecule has 0 atom stereocenters. The molecule has 18 heavy (non-hydrogen) atoms. The summed E-state index contributed by atoms with van der Waals surface area (Å²) in [7, 11) is 0. The molecule has 0 saturated carbocycles. The van der Waals surface area contributed by atoms with Crippen LogP contribution in [-0.2, 0) is 13.1 Å². The number of hydrogen-bond acceptors (Lipinski definition) is 1. The second-order valence-electron chi connectivity index (χ2n) is 4.14. The molecule has 1 aromatic carbocycles. The van der Waals surface area contributed by atoms with Crippen LogP contribution in [0.4, 0.5) is 4.39 Å². The normalized spacial score (nSPS) is 10.8. The van der Waals surface area contributed by atoms with E-state index in [1.54, 1.807) is 29.1 Å². The maximum Gasteiger partial charge on any atom is 0.328 e. The Morgan fingerprint density at radius 2 is 2.00 bits per heavy atom. The molecule has 96 valence electrons. The number of aryl methyl sites for hydroxylation is 1. The molecule has 0 radical (unpaired) electrons. The molecule has 0 aliphatic heterocycles. The molecule has 0 N–H and O–H groups in total. The summed E-state index contributed by atoms with van der Waals surface area (Å²) >= 11 is 5.68. The van der Waals surface area contributed by atoms with Crippen molar-refractivity contribution < 1.29 is 4.39 Å². The molecule has 1 aromatic heterocycles. The van der Waals surface area contributed by atoms with Crippen molar-refractivity contribution in [3.63, 3.8) is 0 Å². The van der Waals surface area contributed by atoms with Crippen LogP contribution in [0.3, 0.4) is 0 Å². The third kappa shape index (κ3) is 2.64. The fourth-order valence-corrected chi connectivity index (χ4v) is 1.98. The van der Waals surface area contributed by atoms with Crippen LogP contribution in [0.5, 0.6) is 0 Å². The molecule has 0 bridgehead atoms. The van der Waals surface area contributed by atoms with Crippen molar-refractivity contribution in [2.45, 2.75) is 26.4 Å². The first-order valence-corrected chi connectivity index (χ1v) is 6.19. The van der Waals surface area contributed by atoms with Gasteiger partial charge in [0.05, 0.1) is 6.54 Å². The van der Waals surface area contributed by atoms with Crippen molar-refractivity contribution in [2.24, 2.45) is 0 Å². The zero-order valence-electron chi connectivity index (χ0n) is 10.1. The van der Waals surface area contributed by atoms with E-state index >= 15 is 0 Å². The van der Waals surface area contributed by atoms with Crippen LogP contribution in [0.15, 0.2) is 35.4 Å². The molecular weight excluding hydrogens is 255 g/mol. The largest absolute Gasteiger partial charge is 0.328 e. The van der Waals surface area contributed by atoms with Crippen LogP contribution in [0, 0.1) is 5.82 Å². The van der Waals surface area contributed by atoms with Crippen molar-refractivity contribution >= 4 is 11.6 Å². The molecular formula is C13H14ClFN2O. The molecule has 2 aromatic rings. The van der Waals surface area contributed by atoms with Gasteiger partial charge >= 0.3 is 5.69 Å². The summed E-state index contributed by atoms with van der Waals surface area (Å²) in [4.78, 5) is 11.9. The smallest absolute Gasteiger partial charge is 0.299 e. The summed E-state index contributed by atoms with van der Waals surface area (Å²) in [5, 5.41) is 0.354. The van der Waals surface area contributed by atoms with E-state index in [1.165, 1.54) is 10.6 Å². The monoisotopic (exact) mass is 268 g/mol. The van der Waals surface area contributed by atoms with Crippen LogP contribution in [-0.4, -0.2) is 9.13 Å². The Bertz CT molecular complexity index is 603. The van der Waals surface area contributed by atoms with Gasteiger partial charge in [0, 0.05) is 29.5 Å². The minimum atomic E-state index is -0.391. The number of rotatable bonds is 4. The van der Waals surface area contributed by atoms with Gasteiger partial charge in [0.2, 0.25) is 0 Å². The number of imidazole rings is 1. The van der Waals surface area contributed by atoms with Crippen LogP contribution >= 0.6 is 11.6 Å². The highest BCUT2D eigenvalue weighted by Crippen LogP contribution is 2.15. The Hall–Kier alpha value is -1.55. The second-order valence-corrected chi connectivity index (χ2v) is 4.57. The van der Waals surface area contributed by atoms with E-state index in [4.69, 9.17) is 11.6 Å². The topological polar surface area (TPSA) is 26.9 Å². The van der Waals surface area contributed by atoms with E-state index in [2.05, 4.69) is 0 Å². The van der Waals surface area contributed by atoms with E-state index in [9.17, 15) is 9.18 Å². The van der Waals surface area contributed by atoms with Crippen LogP contribution in [0.25, 0.3) is 0 Å². The summed E-state index contributed by atoms with van der Waals surface area (Å²) in [5.41, 5.74) is 0.335. The molecule has 5 heteroatoms. The molecule has 0 aliphatic carbocycles. The maximum atomic E-state index is 13.6. The number of benzene rings is 1. The van der Waals surface area contributed by atoms with Gasteiger partial charge in [-0.05, 0) is 18.6 Å². The maximum absolute atomic E-state index is 13.6. The lowest BCUT2D eigenvalue weighted by Crippen LogP contribution is -2.24. The van der Waals surface area contributed by atoms with Gasteiger partial charge in [0.1, 0.15) is 5.82 Å². The Morgan fingerprint density at radius 1 is 1.28 bits per heavy atom. The SMILES string of the molecule is CCCn1ccn(Cc2ccc(Cl)cc2F)c1=O. The Labute approximate surface area is 109 Å². The molecule has 0 fully saturated rings. The van der Waals surface area contributed by atoms with Crippen LogP contribution in [0.1, 0.15) is 18.9 Å². The fourth-order valence-electron chi connectivity index (χ4n) is 1.82. The van der Waals surface area contributed by atoms with Gasteiger partial charge in [-0.3, -0.25) is 9.13 Å². The van der Waals surface area contributed by atoms with Gasteiger partial charge in [-0.15, -0.1) is 0 Å². The number of halogens is 2. The zero-order valence-corrected chi connectivity index (χ0v) is 10.8. The fraction of sp³-hybridized carbons (Fsp3) is 0.308. The first-order chi connectivity index (χ1) is 8.61. The third-order valence-corrected chi connectivity index (χ3v) is 2.97. The summed E-state index contributed by atoms with van der Waals surface area (Å²) < 4.78 is 16.7. The molecule has 0 unspecified atom stereocenters. The quantitative estimate of drug-likeness (QED) is 0.838. The van der Waals surface area contributed by atoms with Gasteiger partial charge in [-0.1, -0.05) is 24.6 Å². The van der Waals surface area contributed by atoms with E-state index < -0.39 is 5.82 Å². The summed E-state index contributed by atoms with van der Waals surface area (Å²) in [6.45, 7) is 2.90. The Morgan fingerprint density at radius 3 is 2.67 bits per heavy atom. The second kappa shape index (κ2) is 5.40. The highest BCUT2D eigenvalue weighted by atomic mass is 35.5. The van der Waals surface area contributed by atoms with Crippen molar-refractivity contribution in [3.05, 3.63) is 57.5 Å². The van der Waals surface area contributed by atoms with Gasteiger partial charge in [0.25, 0.3) is 0 Å². The standard InChI is InChI=1S/C13H14ClFN2O/c1-2-5-16-6-7-17(13(16)18)9-10-3-4-11(14)8-12(10)15/h3-4,6-8H,2,5,9H2,1H3. The van der Waals surface area contributed by atoms with Crippen LogP contribution < -0.4 is 5.69 Å². The van der Waals surface area contributed by atoms with E-state index in [1.807, 2.05) is 6.92 Å². The van der Waals surface area contributed by atoms with Crippen molar-refractivity contribution in [3.8, 4) is 0 Å². The number of aromatic nitrogens is 2. The van der Waals surface area contributed by atoms with Crippen molar-refractivity contribution in [1.82, 2.24) is 9.13 Å². The summed E-state index contributed by atoms with van der Waals surface area (Å²) in [6, 6.07) is 4.47. The molecule has 0 spiro atoms. The average Bonchev–Trinajstić information content (AvgIpc) is 2.66. The summed E-state index contributed by atoms with van der Waals surface area (Å²) in [6.07, 6.45) is 4.28. The van der Waals surface area contributed by atoms with E-state index in [0.717, 1.165) is 6.42 Å². The highest BCUT2D eigenvalue weighted by Gasteiger charge is 2.07. The average molecular weight is 269 g/mol. The van der Waals surface area contributed by atoms with Gasteiger partial charge in [-0.2, -0.15) is 0 Å². The first-order valence-electron chi connectivity index (χ1n) is 5.81. The van der Waals surface area contributed by atoms with Gasteiger partial charge in [0.15, 0.2) is 0 Å². The molecule has 2 rings (SSSR count). The minimum Gasteiger partial charge on any atom is -0.299 e. The van der Waals surface area contributed by atoms with Crippen LogP contribution in [0.2, 0.25) is 5.02 Å².